The summed E-state index contributed by atoms with van der Waals surface area (Å²) in [4.78, 5) is 0. The Bertz CT molecular complexity index is 466. The standard InChI is InChI=1S/C13H11BrO/c14-12-6-3-5-10(8-12)13-7-2-1-4-11(13)9-15/h1-8,15H,9H2. The highest BCUT2D eigenvalue weighted by atomic mass is 79.9. The number of hydrogen-bond donors (Lipinski definition) is 1. The van der Waals surface area contributed by atoms with E-state index >= 15 is 0 Å². The van der Waals surface area contributed by atoms with Crippen molar-refractivity contribution >= 4 is 15.9 Å². The Morgan fingerprint density at radius 1 is 1.00 bits per heavy atom. The SMILES string of the molecule is OCc1ccccc1-c1cccc(Br)c1. The molecule has 0 heterocycles. The first-order chi connectivity index (χ1) is 7.31. The first-order valence-corrected chi connectivity index (χ1v) is 5.55. The molecule has 76 valence electrons. The molecule has 0 fully saturated rings. The van der Waals surface area contributed by atoms with Gasteiger partial charge in [-0.3, -0.25) is 0 Å². The largest absolute Gasteiger partial charge is 0.392 e. The van der Waals surface area contributed by atoms with Crippen molar-refractivity contribution in [1.82, 2.24) is 0 Å². The van der Waals surface area contributed by atoms with Crippen LogP contribution in [0.5, 0.6) is 0 Å². The maximum Gasteiger partial charge on any atom is 0.0687 e. The molecule has 15 heavy (non-hydrogen) atoms. The van der Waals surface area contributed by atoms with E-state index in [1.807, 2.05) is 42.5 Å². The fourth-order valence-electron chi connectivity index (χ4n) is 1.60. The molecule has 0 spiro atoms. The van der Waals surface area contributed by atoms with E-state index in [-0.39, 0.29) is 6.61 Å². The molecule has 0 aliphatic heterocycles. The van der Waals surface area contributed by atoms with Crippen molar-refractivity contribution in [2.75, 3.05) is 0 Å². The van der Waals surface area contributed by atoms with Gasteiger partial charge in [-0.2, -0.15) is 0 Å². The van der Waals surface area contributed by atoms with Crippen LogP contribution in [0.2, 0.25) is 0 Å². The zero-order valence-corrected chi connectivity index (χ0v) is 9.74. The van der Waals surface area contributed by atoms with Gasteiger partial charge in [0.25, 0.3) is 0 Å². The summed E-state index contributed by atoms with van der Waals surface area (Å²) >= 11 is 3.44. The fourth-order valence-corrected chi connectivity index (χ4v) is 2.00. The molecule has 0 bridgehead atoms. The lowest BCUT2D eigenvalue weighted by Crippen LogP contribution is -1.88. The molecule has 0 saturated carbocycles. The summed E-state index contributed by atoms with van der Waals surface area (Å²) < 4.78 is 1.05. The third-order valence-electron chi connectivity index (χ3n) is 2.32. The van der Waals surface area contributed by atoms with Gasteiger partial charge in [-0.15, -0.1) is 0 Å². The highest BCUT2D eigenvalue weighted by molar-refractivity contribution is 9.10. The third-order valence-corrected chi connectivity index (χ3v) is 2.82. The van der Waals surface area contributed by atoms with Crippen molar-refractivity contribution in [3.63, 3.8) is 0 Å². The molecular weight excluding hydrogens is 252 g/mol. The van der Waals surface area contributed by atoms with E-state index in [2.05, 4.69) is 22.0 Å². The molecule has 0 amide bonds. The lowest BCUT2D eigenvalue weighted by atomic mass is 10.0. The summed E-state index contributed by atoms with van der Waals surface area (Å²) in [6, 6.07) is 16.0. The number of aliphatic hydroxyl groups is 1. The second-order valence-corrected chi connectivity index (χ2v) is 4.24. The van der Waals surface area contributed by atoms with Gasteiger partial charge in [-0.1, -0.05) is 52.3 Å². The van der Waals surface area contributed by atoms with E-state index in [0.29, 0.717) is 0 Å². The summed E-state index contributed by atoms with van der Waals surface area (Å²) in [5, 5.41) is 9.24. The maximum atomic E-state index is 9.24. The average Bonchev–Trinajstić information content (AvgIpc) is 2.29. The van der Waals surface area contributed by atoms with Gasteiger partial charge in [0, 0.05) is 4.47 Å². The van der Waals surface area contributed by atoms with E-state index in [0.717, 1.165) is 21.2 Å². The second-order valence-electron chi connectivity index (χ2n) is 3.33. The van der Waals surface area contributed by atoms with Crippen LogP contribution in [0, 0.1) is 0 Å². The van der Waals surface area contributed by atoms with Gasteiger partial charge in [-0.05, 0) is 28.8 Å². The normalized spacial score (nSPS) is 10.3. The molecule has 0 unspecified atom stereocenters. The van der Waals surface area contributed by atoms with Crippen LogP contribution >= 0.6 is 15.9 Å². The van der Waals surface area contributed by atoms with Crippen LogP contribution in [0.25, 0.3) is 11.1 Å². The third kappa shape index (κ3) is 2.28. The monoisotopic (exact) mass is 262 g/mol. The highest BCUT2D eigenvalue weighted by Crippen LogP contribution is 2.26. The molecule has 0 saturated heterocycles. The Hall–Kier alpha value is -1.12. The number of benzene rings is 2. The van der Waals surface area contributed by atoms with E-state index in [9.17, 15) is 5.11 Å². The van der Waals surface area contributed by atoms with Crippen LogP contribution in [-0.4, -0.2) is 5.11 Å². The molecule has 0 aliphatic carbocycles. The van der Waals surface area contributed by atoms with Gasteiger partial charge in [0.2, 0.25) is 0 Å². The number of hydrogen-bond acceptors (Lipinski definition) is 1. The summed E-state index contributed by atoms with van der Waals surface area (Å²) in [6.45, 7) is 0.0721. The predicted molar refractivity (Wildman–Crippen MR) is 65.5 cm³/mol. The Morgan fingerprint density at radius 2 is 1.80 bits per heavy atom. The predicted octanol–water partition coefficient (Wildman–Crippen LogP) is 3.61. The number of rotatable bonds is 2. The van der Waals surface area contributed by atoms with Crippen LogP contribution in [-0.2, 0) is 6.61 Å². The Balaban J connectivity index is 2.53. The molecular formula is C13H11BrO. The molecule has 2 aromatic carbocycles. The van der Waals surface area contributed by atoms with E-state index in [4.69, 9.17) is 0 Å². The second kappa shape index (κ2) is 4.60. The summed E-state index contributed by atoms with van der Waals surface area (Å²) in [7, 11) is 0. The van der Waals surface area contributed by atoms with E-state index in [1.54, 1.807) is 0 Å². The lowest BCUT2D eigenvalue weighted by molar-refractivity contribution is 0.282. The quantitative estimate of drug-likeness (QED) is 0.877. The molecule has 1 nitrogen and oxygen atoms in total. The molecule has 0 atom stereocenters. The molecule has 0 radical (unpaired) electrons. The van der Waals surface area contributed by atoms with Crippen LogP contribution in [0.15, 0.2) is 53.0 Å². The minimum absolute atomic E-state index is 0.0721. The molecule has 0 aromatic heterocycles. The summed E-state index contributed by atoms with van der Waals surface area (Å²) in [5.41, 5.74) is 3.16. The van der Waals surface area contributed by atoms with Crippen molar-refractivity contribution in [2.24, 2.45) is 0 Å². The van der Waals surface area contributed by atoms with Crippen molar-refractivity contribution in [1.29, 1.82) is 0 Å². The van der Waals surface area contributed by atoms with Crippen molar-refractivity contribution in [3.05, 3.63) is 58.6 Å². The number of halogens is 1. The topological polar surface area (TPSA) is 20.2 Å². The molecule has 2 aromatic rings. The van der Waals surface area contributed by atoms with Gasteiger partial charge in [-0.25, -0.2) is 0 Å². The van der Waals surface area contributed by atoms with Gasteiger partial charge in [0.1, 0.15) is 0 Å². The first kappa shape index (κ1) is 10.4. The first-order valence-electron chi connectivity index (χ1n) is 4.76. The minimum Gasteiger partial charge on any atom is -0.392 e. The van der Waals surface area contributed by atoms with Crippen molar-refractivity contribution in [3.8, 4) is 11.1 Å². The van der Waals surface area contributed by atoms with Gasteiger partial charge in [0.15, 0.2) is 0 Å². The van der Waals surface area contributed by atoms with Gasteiger partial charge >= 0.3 is 0 Å². The van der Waals surface area contributed by atoms with Gasteiger partial charge in [0.05, 0.1) is 6.61 Å². The summed E-state index contributed by atoms with van der Waals surface area (Å²) in [5.74, 6) is 0. The highest BCUT2D eigenvalue weighted by Gasteiger charge is 2.03. The van der Waals surface area contributed by atoms with Crippen molar-refractivity contribution < 1.29 is 5.11 Å². The zero-order valence-electron chi connectivity index (χ0n) is 8.15. The summed E-state index contributed by atoms with van der Waals surface area (Å²) in [6.07, 6.45) is 0. The molecule has 1 N–H and O–H groups in total. The Morgan fingerprint density at radius 3 is 2.53 bits per heavy atom. The number of aliphatic hydroxyl groups excluding tert-OH is 1. The van der Waals surface area contributed by atoms with Crippen LogP contribution in [0.4, 0.5) is 0 Å². The fraction of sp³-hybridized carbons (Fsp3) is 0.0769. The smallest absolute Gasteiger partial charge is 0.0687 e. The Labute approximate surface area is 97.5 Å². The zero-order chi connectivity index (χ0) is 10.7. The van der Waals surface area contributed by atoms with Crippen LogP contribution < -0.4 is 0 Å². The van der Waals surface area contributed by atoms with E-state index < -0.39 is 0 Å². The molecule has 2 heteroatoms. The van der Waals surface area contributed by atoms with E-state index in [1.165, 1.54) is 0 Å². The van der Waals surface area contributed by atoms with Crippen LogP contribution in [0.1, 0.15) is 5.56 Å². The average molecular weight is 263 g/mol. The van der Waals surface area contributed by atoms with Crippen LogP contribution in [0.3, 0.4) is 0 Å². The molecule has 0 aliphatic rings. The maximum absolute atomic E-state index is 9.24. The molecule has 2 rings (SSSR count). The van der Waals surface area contributed by atoms with Crippen molar-refractivity contribution in [2.45, 2.75) is 6.61 Å². The Kier molecular flexibility index (Phi) is 3.19. The van der Waals surface area contributed by atoms with Gasteiger partial charge < -0.3 is 5.11 Å². The minimum atomic E-state index is 0.0721. The lowest BCUT2D eigenvalue weighted by Gasteiger charge is -2.07.